The van der Waals surface area contributed by atoms with Gasteiger partial charge in [0.15, 0.2) is 15.8 Å². The van der Waals surface area contributed by atoms with Crippen LogP contribution in [0.4, 0.5) is 4.39 Å². The van der Waals surface area contributed by atoms with Crippen molar-refractivity contribution >= 4 is 15.8 Å². The normalized spacial score (nSPS) is 12.5. The first-order valence-corrected chi connectivity index (χ1v) is 10.0. The quantitative estimate of drug-likeness (QED) is 0.405. The maximum Gasteiger partial charge on any atom is 0.191 e. The van der Waals surface area contributed by atoms with Crippen LogP contribution in [0.5, 0.6) is 0 Å². The van der Waals surface area contributed by atoms with Crippen LogP contribution in [0.3, 0.4) is 0 Å². The van der Waals surface area contributed by atoms with E-state index < -0.39 is 15.7 Å². The Hall–Kier alpha value is -1.63. The van der Waals surface area contributed by atoms with Gasteiger partial charge >= 0.3 is 0 Å². The highest BCUT2D eigenvalue weighted by Crippen LogP contribution is 2.14. The Kier molecular flexibility index (Phi) is 8.74. The van der Waals surface area contributed by atoms with Crippen LogP contribution in [0.15, 0.2) is 34.2 Å². The summed E-state index contributed by atoms with van der Waals surface area (Å²) in [5.74, 6) is 0.322. The van der Waals surface area contributed by atoms with Crippen molar-refractivity contribution in [2.45, 2.75) is 38.5 Å². The first-order chi connectivity index (χ1) is 11.4. The van der Waals surface area contributed by atoms with Gasteiger partial charge < -0.3 is 10.6 Å². The molecule has 5 nitrogen and oxygen atoms in total. The number of rotatable bonds is 9. The maximum absolute atomic E-state index is 13.6. The van der Waals surface area contributed by atoms with Gasteiger partial charge in [-0.25, -0.2) is 12.8 Å². The number of hydrogen-bond donors (Lipinski definition) is 2. The number of halogens is 1. The lowest BCUT2D eigenvalue weighted by Crippen LogP contribution is -2.39. The third-order valence-corrected chi connectivity index (χ3v) is 5.13. The van der Waals surface area contributed by atoms with Gasteiger partial charge in [-0.1, -0.05) is 26.0 Å². The maximum atomic E-state index is 13.6. The lowest BCUT2D eigenvalue weighted by molar-refractivity contribution is 0.560. The third-order valence-electron chi connectivity index (χ3n) is 3.39. The zero-order valence-electron chi connectivity index (χ0n) is 14.7. The summed E-state index contributed by atoms with van der Waals surface area (Å²) >= 11 is 0. The summed E-state index contributed by atoms with van der Waals surface area (Å²) in [6, 6.07) is 5.43. The van der Waals surface area contributed by atoms with Crippen LogP contribution in [0.25, 0.3) is 0 Å². The second-order valence-corrected chi connectivity index (χ2v) is 8.05. The number of aliphatic imine (C=N–C) groups is 1. The SMILES string of the molecule is CCNC(=NCCCC(C)C)NCCS(=O)(=O)c1ccccc1F. The summed E-state index contributed by atoms with van der Waals surface area (Å²) in [5.41, 5.74) is 0. The molecule has 0 bridgehead atoms. The Morgan fingerprint density at radius 2 is 1.96 bits per heavy atom. The number of hydrogen-bond acceptors (Lipinski definition) is 3. The topological polar surface area (TPSA) is 70.6 Å². The van der Waals surface area contributed by atoms with Crippen molar-refractivity contribution in [1.29, 1.82) is 0 Å². The van der Waals surface area contributed by atoms with E-state index >= 15 is 0 Å². The van der Waals surface area contributed by atoms with Gasteiger partial charge in [0, 0.05) is 19.6 Å². The monoisotopic (exact) mass is 357 g/mol. The van der Waals surface area contributed by atoms with E-state index in [0.717, 1.165) is 18.9 Å². The highest BCUT2D eigenvalue weighted by Gasteiger charge is 2.18. The molecule has 0 spiro atoms. The van der Waals surface area contributed by atoms with Crippen molar-refractivity contribution in [3.8, 4) is 0 Å². The van der Waals surface area contributed by atoms with Crippen molar-refractivity contribution in [3.05, 3.63) is 30.1 Å². The molecule has 2 N–H and O–H groups in total. The van der Waals surface area contributed by atoms with E-state index in [0.29, 0.717) is 25.0 Å². The van der Waals surface area contributed by atoms with Gasteiger partial charge in [-0.2, -0.15) is 0 Å². The molecule has 0 unspecified atom stereocenters. The van der Waals surface area contributed by atoms with Gasteiger partial charge in [0.05, 0.1) is 5.75 Å². The minimum absolute atomic E-state index is 0.173. The van der Waals surface area contributed by atoms with Crippen molar-refractivity contribution in [2.24, 2.45) is 10.9 Å². The smallest absolute Gasteiger partial charge is 0.191 e. The molecule has 0 atom stereocenters. The molecule has 7 heteroatoms. The molecule has 0 radical (unpaired) electrons. The van der Waals surface area contributed by atoms with Gasteiger partial charge in [0.1, 0.15) is 10.7 Å². The largest absolute Gasteiger partial charge is 0.357 e. The fourth-order valence-electron chi connectivity index (χ4n) is 2.14. The first kappa shape index (κ1) is 20.4. The van der Waals surface area contributed by atoms with Crippen molar-refractivity contribution < 1.29 is 12.8 Å². The van der Waals surface area contributed by atoms with E-state index in [1.807, 2.05) is 6.92 Å². The van der Waals surface area contributed by atoms with Gasteiger partial charge in [-0.3, -0.25) is 4.99 Å². The summed E-state index contributed by atoms with van der Waals surface area (Å²) in [5, 5.41) is 6.07. The van der Waals surface area contributed by atoms with E-state index in [4.69, 9.17) is 0 Å². The van der Waals surface area contributed by atoms with Gasteiger partial charge in [-0.15, -0.1) is 0 Å². The Bertz CT molecular complexity index is 630. The predicted octanol–water partition coefficient (Wildman–Crippen LogP) is 2.59. The molecule has 1 aromatic carbocycles. The number of benzene rings is 1. The number of nitrogens with zero attached hydrogens (tertiary/aromatic N) is 1. The molecule has 1 aromatic rings. The average Bonchev–Trinajstić information content (AvgIpc) is 2.51. The van der Waals surface area contributed by atoms with Crippen LogP contribution in [0.1, 0.15) is 33.6 Å². The lowest BCUT2D eigenvalue weighted by atomic mass is 10.1. The van der Waals surface area contributed by atoms with E-state index in [9.17, 15) is 12.8 Å². The van der Waals surface area contributed by atoms with E-state index in [2.05, 4.69) is 29.5 Å². The van der Waals surface area contributed by atoms with Gasteiger partial charge in [-0.05, 0) is 37.8 Å². The molecule has 0 fully saturated rings. The van der Waals surface area contributed by atoms with E-state index in [1.54, 1.807) is 0 Å². The molecule has 0 aliphatic heterocycles. The fourth-order valence-corrected chi connectivity index (χ4v) is 3.38. The highest BCUT2D eigenvalue weighted by molar-refractivity contribution is 7.91. The number of nitrogens with one attached hydrogen (secondary N) is 2. The van der Waals surface area contributed by atoms with Crippen molar-refractivity contribution in [3.63, 3.8) is 0 Å². The second kappa shape index (κ2) is 10.3. The van der Waals surface area contributed by atoms with Gasteiger partial charge in [0.25, 0.3) is 0 Å². The van der Waals surface area contributed by atoms with Crippen LogP contribution in [0.2, 0.25) is 0 Å². The zero-order valence-corrected chi connectivity index (χ0v) is 15.5. The Labute approximate surface area is 144 Å². The molecule has 1 rings (SSSR count). The van der Waals surface area contributed by atoms with E-state index in [1.165, 1.54) is 18.2 Å². The molecule has 0 saturated carbocycles. The standard InChI is InChI=1S/C17H28FN3O2S/c1-4-19-17(20-11-7-8-14(2)3)21-12-13-24(22,23)16-10-6-5-9-15(16)18/h5-6,9-10,14H,4,7-8,11-13H2,1-3H3,(H2,19,20,21). The Morgan fingerprint density at radius 3 is 2.58 bits per heavy atom. The lowest BCUT2D eigenvalue weighted by Gasteiger charge is -2.12. The van der Waals surface area contributed by atoms with Crippen LogP contribution >= 0.6 is 0 Å². The van der Waals surface area contributed by atoms with Crippen LogP contribution in [0, 0.1) is 11.7 Å². The molecular weight excluding hydrogens is 329 g/mol. The Balaban J connectivity index is 2.55. The van der Waals surface area contributed by atoms with E-state index in [-0.39, 0.29) is 17.2 Å². The molecule has 0 aliphatic rings. The molecule has 24 heavy (non-hydrogen) atoms. The minimum Gasteiger partial charge on any atom is -0.357 e. The number of guanidine groups is 1. The Morgan fingerprint density at radius 1 is 1.25 bits per heavy atom. The zero-order chi connectivity index (χ0) is 18.0. The molecule has 0 aliphatic carbocycles. The first-order valence-electron chi connectivity index (χ1n) is 8.36. The molecule has 0 amide bonds. The summed E-state index contributed by atoms with van der Waals surface area (Å²) < 4.78 is 38.0. The number of sulfone groups is 1. The average molecular weight is 357 g/mol. The molecule has 0 saturated heterocycles. The fraction of sp³-hybridized carbons (Fsp3) is 0.588. The van der Waals surface area contributed by atoms with Crippen molar-refractivity contribution in [1.82, 2.24) is 10.6 Å². The second-order valence-electron chi connectivity index (χ2n) is 5.97. The summed E-state index contributed by atoms with van der Waals surface area (Å²) in [7, 11) is -3.66. The van der Waals surface area contributed by atoms with Crippen LogP contribution < -0.4 is 10.6 Å². The molecule has 0 heterocycles. The third kappa shape index (κ3) is 7.29. The molecular formula is C17H28FN3O2S. The molecule has 0 aromatic heterocycles. The van der Waals surface area contributed by atoms with Crippen molar-refractivity contribution in [2.75, 3.05) is 25.4 Å². The predicted molar refractivity (Wildman–Crippen MR) is 96.5 cm³/mol. The van der Waals surface area contributed by atoms with Crippen LogP contribution in [-0.4, -0.2) is 39.8 Å². The highest BCUT2D eigenvalue weighted by atomic mass is 32.2. The summed E-state index contributed by atoms with van der Waals surface area (Å²) in [4.78, 5) is 4.16. The van der Waals surface area contributed by atoms with Gasteiger partial charge in [0.2, 0.25) is 0 Å². The van der Waals surface area contributed by atoms with Crippen LogP contribution in [-0.2, 0) is 9.84 Å². The minimum atomic E-state index is -3.66. The summed E-state index contributed by atoms with van der Waals surface area (Å²) in [6.45, 7) is 7.83. The molecule has 136 valence electrons. The summed E-state index contributed by atoms with van der Waals surface area (Å²) in [6.07, 6.45) is 2.09.